The van der Waals surface area contributed by atoms with Crippen LogP contribution in [0.4, 0.5) is 0 Å². The summed E-state index contributed by atoms with van der Waals surface area (Å²) in [5.41, 5.74) is 1.07. The minimum atomic E-state index is -0.00574. The Morgan fingerprint density at radius 1 is 1.44 bits per heavy atom. The molecule has 1 unspecified atom stereocenters. The first-order valence-corrected chi connectivity index (χ1v) is 5.90. The van der Waals surface area contributed by atoms with Crippen molar-refractivity contribution in [2.75, 3.05) is 13.0 Å². The lowest BCUT2D eigenvalue weighted by Crippen LogP contribution is -2.15. The number of carbonyl (C=O) groups excluding carboxylic acids is 1. The molecule has 1 rings (SSSR count). The number of ketones is 1. The van der Waals surface area contributed by atoms with Crippen LogP contribution < -0.4 is 4.74 Å². The van der Waals surface area contributed by atoms with Crippen molar-refractivity contribution in [1.29, 1.82) is 0 Å². The van der Waals surface area contributed by atoms with Crippen LogP contribution in [0.2, 0.25) is 0 Å². The third-order valence-electron chi connectivity index (χ3n) is 2.69. The average molecular weight is 241 g/mol. The summed E-state index contributed by atoms with van der Waals surface area (Å²) in [6.07, 6.45) is 1.42. The third-order valence-corrected chi connectivity index (χ3v) is 2.91. The van der Waals surface area contributed by atoms with Gasteiger partial charge in [-0.15, -0.1) is 11.6 Å². The Kier molecular flexibility index (Phi) is 5.33. The van der Waals surface area contributed by atoms with Gasteiger partial charge in [-0.3, -0.25) is 4.79 Å². The Balaban J connectivity index is 2.80. The minimum Gasteiger partial charge on any atom is -0.496 e. The fourth-order valence-electron chi connectivity index (χ4n) is 1.72. The SMILES string of the molecule is COc1ccccc1CC(CCCl)C(C)=O. The zero-order chi connectivity index (χ0) is 12.0. The number of benzene rings is 1. The highest BCUT2D eigenvalue weighted by molar-refractivity contribution is 6.18. The number of hydrogen-bond acceptors (Lipinski definition) is 2. The highest BCUT2D eigenvalue weighted by Crippen LogP contribution is 2.22. The molecule has 1 aromatic carbocycles. The van der Waals surface area contributed by atoms with E-state index in [0.717, 1.165) is 17.7 Å². The van der Waals surface area contributed by atoms with Crippen LogP contribution in [0, 0.1) is 5.92 Å². The van der Waals surface area contributed by atoms with E-state index in [0.29, 0.717) is 12.3 Å². The van der Waals surface area contributed by atoms with E-state index in [9.17, 15) is 4.79 Å². The van der Waals surface area contributed by atoms with Gasteiger partial charge < -0.3 is 4.74 Å². The minimum absolute atomic E-state index is 0.00574. The number of methoxy groups -OCH3 is 1. The van der Waals surface area contributed by atoms with E-state index < -0.39 is 0 Å². The van der Waals surface area contributed by atoms with Crippen molar-refractivity contribution in [3.05, 3.63) is 29.8 Å². The maximum atomic E-state index is 11.4. The van der Waals surface area contributed by atoms with Crippen LogP contribution in [0.5, 0.6) is 5.75 Å². The van der Waals surface area contributed by atoms with Crippen molar-refractivity contribution < 1.29 is 9.53 Å². The zero-order valence-corrected chi connectivity index (χ0v) is 10.5. The molecule has 3 heteroatoms. The van der Waals surface area contributed by atoms with Gasteiger partial charge in [0, 0.05) is 11.8 Å². The number of halogens is 1. The number of carbonyl (C=O) groups is 1. The van der Waals surface area contributed by atoms with E-state index in [1.54, 1.807) is 14.0 Å². The van der Waals surface area contributed by atoms with E-state index in [2.05, 4.69) is 0 Å². The molecule has 0 amide bonds. The molecule has 0 heterocycles. The summed E-state index contributed by atoms with van der Waals surface area (Å²) in [5, 5.41) is 0. The molecule has 0 N–H and O–H groups in total. The van der Waals surface area contributed by atoms with Gasteiger partial charge in [0.1, 0.15) is 11.5 Å². The highest BCUT2D eigenvalue weighted by Gasteiger charge is 2.16. The molecule has 0 aromatic heterocycles. The number of alkyl halides is 1. The van der Waals surface area contributed by atoms with E-state index >= 15 is 0 Å². The van der Waals surface area contributed by atoms with E-state index in [-0.39, 0.29) is 11.7 Å². The largest absolute Gasteiger partial charge is 0.496 e. The lowest BCUT2D eigenvalue weighted by molar-refractivity contribution is -0.120. The Hall–Kier alpha value is -1.02. The molecule has 0 bridgehead atoms. The highest BCUT2D eigenvalue weighted by atomic mass is 35.5. The predicted molar refractivity (Wildman–Crippen MR) is 66.2 cm³/mol. The molecule has 0 aliphatic carbocycles. The lowest BCUT2D eigenvalue weighted by Gasteiger charge is -2.14. The average Bonchev–Trinajstić information content (AvgIpc) is 2.29. The normalized spacial score (nSPS) is 12.2. The van der Waals surface area contributed by atoms with Gasteiger partial charge in [0.15, 0.2) is 0 Å². The molecule has 1 aromatic rings. The predicted octanol–water partition coefficient (Wildman–Crippen LogP) is 3.07. The van der Waals surface area contributed by atoms with Crippen molar-refractivity contribution in [3.8, 4) is 5.75 Å². The van der Waals surface area contributed by atoms with Crippen LogP contribution in [-0.2, 0) is 11.2 Å². The van der Waals surface area contributed by atoms with Crippen LogP contribution in [0.25, 0.3) is 0 Å². The maximum absolute atomic E-state index is 11.4. The van der Waals surface area contributed by atoms with Crippen LogP contribution in [0.15, 0.2) is 24.3 Å². The lowest BCUT2D eigenvalue weighted by atomic mass is 9.93. The van der Waals surface area contributed by atoms with Gasteiger partial charge in [0.2, 0.25) is 0 Å². The summed E-state index contributed by atoms with van der Waals surface area (Å²) in [7, 11) is 1.64. The number of ether oxygens (including phenoxy) is 1. The topological polar surface area (TPSA) is 26.3 Å². The first-order chi connectivity index (χ1) is 7.69. The molecule has 2 nitrogen and oxygen atoms in total. The molecule has 0 saturated heterocycles. The second kappa shape index (κ2) is 6.54. The summed E-state index contributed by atoms with van der Waals surface area (Å²) in [6.45, 7) is 1.62. The molecule has 0 radical (unpaired) electrons. The Labute approximate surface area is 102 Å². The van der Waals surface area contributed by atoms with Gasteiger partial charge in [0.25, 0.3) is 0 Å². The summed E-state index contributed by atoms with van der Waals surface area (Å²) in [5.74, 6) is 1.53. The van der Waals surface area contributed by atoms with Gasteiger partial charge in [-0.2, -0.15) is 0 Å². The Morgan fingerprint density at radius 3 is 2.69 bits per heavy atom. The Bertz CT molecular complexity index is 350. The smallest absolute Gasteiger partial charge is 0.133 e. The van der Waals surface area contributed by atoms with Crippen molar-refractivity contribution in [1.82, 2.24) is 0 Å². The second-order valence-corrected chi connectivity index (χ2v) is 4.18. The van der Waals surface area contributed by atoms with E-state index in [4.69, 9.17) is 16.3 Å². The monoisotopic (exact) mass is 240 g/mol. The molecule has 1 atom stereocenters. The van der Waals surface area contributed by atoms with Crippen molar-refractivity contribution in [3.63, 3.8) is 0 Å². The standard InChI is InChI=1S/C13H17ClO2/c1-10(15)11(7-8-14)9-12-5-3-4-6-13(12)16-2/h3-6,11H,7-9H2,1-2H3. The molecule has 0 spiro atoms. The molecular weight excluding hydrogens is 224 g/mol. The van der Waals surface area contributed by atoms with E-state index in [1.807, 2.05) is 24.3 Å². The third kappa shape index (κ3) is 3.53. The first kappa shape index (κ1) is 13.0. The molecule has 16 heavy (non-hydrogen) atoms. The van der Waals surface area contributed by atoms with Gasteiger partial charge in [-0.1, -0.05) is 18.2 Å². The molecule has 0 aliphatic heterocycles. The maximum Gasteiger partial charge on any atom is 0.133 e. The Morgan fingerprint density at radius 2 is 2.12 bits per heavy atom. The zero-order valence-electron chi connectivity index (χ0n) is 9.70. The van der Waals surface area contributed by atoms with Crippen LogP contribution >= 0.6 is 11.6 Å². The van der Waals surface area contributed by atoms with Crippen LogP contribution in [0.1, 0.15) is 18.9 Å². The van der Waals surface area contributed by atoms with Crippen molar-refractivity contribution in [2.24, 2.45) is 5.92 Å². The number of Topliss-reactive ketones (excluding diaryl/α,β-unsaturated/α-hetero) is 1. The summed E-state index contributed by atoms with van der Waals surface area (Å²) in [4.78, 5) is 11.4. The molecule has 0 aliphatic rings. The second-order valence-electron chi connectivity index (χ2n) is 3.80. The van der Waals surface area contributed by atoms with E-state index in [1.165, 1.54) is 0 Å². The number of rotatable bonds is 6. The van der Waals surface area contributed by atoms with Crippen LogP contribution in [-0.4, -0.2) is 18.8 Å². The van der Waals surface area contributed by atoms with Crippen LogP contribution in [0.3, 0.4) is 0 Å². The quantitative estimate of drug-likeness (QED) is 0.715. The molecular formula is C13H17ClO2. The summed E-state index contributed by atoms with van der Waals surface area (Å²) >= 11 is 5.70. The molecule has 0 saturated carbocycles. The van der Waals surface area contributed by atoms with Gasteiger partial charge in [-0.25, -0.2) is 0 Å². The van der Waals surface area contributed by atoms with Gasteiger partial charge in [-0.05, 0) is 31.4 Å². The van der Waals surface area contributed by atoms with Gasteiger partial charge >= 0.3 is 0 Å². The van der Waals surface area contributed by atoms with Crippen molar-refractivity contribution >= 4 is 17.4 Å². The number of para-hydroxylation sites is 1. The summed E-state index contributed by atoms with van der Waals surface area (Å²) < 4.78 is 5.26. The molecule has 0 fully saturated rings. The fourth-order valence-corrected chi connectivity index (χ4v) is 1.98. The van der Waals surface area contributed by atoms with Crippen molar-refractivity contribution in [2.45, 2.75) is 19.8 Å². The van der Waals surface area contributed by atoms with Gasteiger partial charge in [0.05, 0.1) is 7.11 Å². The first-order valence-electron chi connectivity index (χ1n) is 5.37. The summed E-state index contributed by atoms with van der Waals surface area (Å²) in [6, 6.07) is 7.78. The number of hydrogen-bond donors (Lipinski definition) is 0. The molecule has 88 valence electrons. The fraction of sp³-hybridized carbons (Fsp3) is 0.462.